The number of halogens is 1. The highest BCUT2D eigenvalue weighted by molar-refractivity contribution is 9.10. The maximum Gasteiger partial charge on any atom is 0.414 e. The van der Waals surface area contributed by atoms with Crippen molar-refractivity contribution in [1.82, 2.24) is 9.55 Å². The lowest BCUT2D eigenvalue weighted by atomic mass is 10.1. The van der Waals surface area contributed by atoms with Gasteiger partial charge in [-0.3, -0.25) is 9.36 Å². The van der Waals surface area contributed by atoms with E-state index >= 15 is 0 Å². The van der Waals surface area contributed by atoms with E-state index in [1.165, 1.54) is 5.56 Å². The average molecular weight is 463 g/mol. The molecule has 2 N–H and O–H groups in total. The Labute approximate surface area is 174 Å². The standard InChI is InChI=1S/C18H17BrN2O2.C2H2O4/c1-12-9-13(2)17(15(19)10-12)23-8-7-21-11-20-16-6-4-3-5-14(16)18(21)22;3-1(4)2(5)6/h3-6,9-11H,7-8H2,1-2H3;(H,3,4)(H,5,6). The Bertz CT molecular complexity index is 1070. The number of fused-ring (bicyclic) bond motifs is 1. The van der Waals surface area contributed by atoms with Gasteiger partial charge in [0.05, 0.1) is 28.2 Å². The highest BCUT2D eigenvalue weighted by Crippen LogP contribution is 2.30. The first-order valence-corrected chi connectivity index (χ1v) is 9.30. The molecule has 0 saturated heterocycles. The van der Waals surface area contributed by atoms with Gasteiger partial charge in [-0.25, -0.2) is 14.6 Å². The van der Waals surface area contributed by atoms with Crippen LogP contribution in [0.2, 0.25) is 0 Å². The summed E-state index contributed by atoms with van der Waals surface area (Å²) in [6.45, 7) is 4.91. The zero-order chi connectivity index (χ0) is 21.6. The molecule has 1 aromatic heterocycles. The number of carbonyl (C=O) groups is 2. The number of hydrogen-bond acceptors (Lipinski definition) is 5. The Morgan fingerprint density at radius 1 is 1.14 bits per heavy atom. The van der Waals surface area contributed by atoms with Crippen LogP contribution < -0.4 is 10.3 Å². The maximum atomic E-state index is 12.4. The molecule has 3 rings (SSSR count). The summed E-state index contributed by atoms with van der Waals surface area (Å²) in [5.74, 6) is -2.83. The van der Waals surface area contributed by atoms with Gasteiger partial charge in [0, 0.05) is 0 Å². The quantitative estimate of drug-likeness (QED) is 0.571. The summed E-state index contributed by atoms with van der Waals surface area (Å²) < 4.78 is 8.37. The lowest BCUT2D eigenvalue weighted by molar-refractivity contribution is -0.159. The van der Waals surface area contributed by atoms with Crippen molar-refractivity contribution in [3.8, 4) is 5.75 Å². The molecule has 0 amide bonds. The lowest BCUT2D eigenvalue weighted by Crippen LogP contribution is -2.23. The number of carboxylic acid groups (broad SMARTS) is 2. The monoisotopic (exact) mass is 462 g/mol. The fraction of sp³-hybridized carbons (Fsp3) is 0.200. The summed E-state index contributed by atoms with van der Waals surface area (Å²) in [6.07, 6.45) is 1.57. The van der Waals surface area contributed by atoms with Crippen molar-refractivity contribution < 1.29 is 24.5 Å². The number of aryl methyl sites for hydroxylation is 2. The number of aliphatic carboxylic acids is 2. The summed E-state index contributed by atoms with van der Waals surface area (Å²) in [4.78, 5) is 34.9. The highest BCUT2D eigenvalue weighted by Gasteiger charge is 2.08. The molecule has 1 heterocycles. The molecule has 0 radical (unpaired) electrons. The minimum atomic E-state index is -1.82. The van der Waals surface area contributed by atoms with E-state index in [4.69, 9.17) is 24.5 Å². The van der Waals surface area contributed by atoms with E-state index in [2.05, 4.69) is 27.0 Å². The minimum absolute atomic E-state index is 0.0427. The van der Waals surface area contributed by atoms with Crippen molar-refractivity contribution in [1.29, 1.82) is 0 Å². The first kappa shape index (κ1) is 22.1. The van der Waals surface area contributed by atoms with E-state index in [9.17, 15) is 4.79 Å². The predicted molar refractivity (Wildman–Crippen MR) is 110 cm³/mol. The van der Waals surface area contributed by atoms with Gasteiger partial charge in [-0.2, -0.15) is 0 Å². The molecule has 0 unspecified atom stereocenters. The molecule has 8 nitrogen and oxygen atoms in total. The first-order valence-electron chi connectivity index (χ1n) is 8.50. The molecule has 0 aliphatic rings. The molecule has 0 spiro atoms. The van der Waals surface area contributed by atoms with Gasteiger partial charge >= 0.3 is 11.9 Å². The number of para-hydroxylation sites is 1. The van der Waals surface area contributed by atoms with Crippen molar-refractivity contribution in [2.45, 2.75) is 20.4 Å². The maximum absolute atomic E-state index is 12.4. The number of nitrogens with zero attached hydrogens (tertiary/aromatic N) is 2. The number of aromatic nitrogens is 2. The van der Waals surface area contributed by atoms with Gasteiger partial charge in [0.25, 0.3) is 5.56 Å². The summed E-state index contributed by atoms with van der Waals surface area (Å²) in [7, 11) is 0. The average Bonchev–Trinajstić information content (AvgIpc) is 2.66. The van der Waals surface area contributed by atoms with Gasteiger partial charge in [-0.15, -0.1) is 0 Å². The van der Waals surface area contributed by atoms with E-state index in [-0.39, 0.29) is 5.56 Å². The lowest BCUT2D eigenvalue weighted by Gasteiger charge is -2.13. The van der Waals surface area contributed by atoms with Crippen molar-refractivity contribution in [3.05, 3.63) is 68.7 Å². The third-order valence-electron chi connectivity index (χ3n) is 3.87. The fourth-order valence-corrected chi connectivity index (χ4v) is 3.38. The van der Waals surface area contributed by atoms with E-state index < -0.39 is 11.9 Å². The number of rotatable bonds is 4. The molecule has 0 atom stereocenters. The van der Waals surface area contributed by atoms with E-state index in [0.717, 1.165) is 15.8 Å². The molecule has 0 aliphatic heterocycles. The summed E-state index contributed by atoms with van der Waals surface area (Å²) in [5, 5.41) is 15.4. The Morgan fingerprint density at radius 3 is 2.41 bits per heavy atom. The largest absolute Gasteiger partial charge is 0.490 e. The molecular weight excluding hydrogens is 444 g/mol. The van der Waals surface area contributed by atoms with Gasteiger partial charge in [0.15, 0.2) is 0 Å². The highest BCUT2D eigenvalue weighted by atomic mass is 79.9. The molecule has 0 bridgehead atoms. The van der Waals surface area contributed by atoms with Crippen LogP contribution in [0, 0.1) is 13.8 Å². The van der Waals surface area contributed by atoms with Crippen LogP contribution in [0.25, 0.3) is 10.9 Å². The van der Waals surface area contributed by atoms with E-state index in [1.807, 2.05) is 38.1 Å². The fourth-order valence-electron chi connectivity index (χ4n) is 2.60. The molecule has 3 aromatic rings. The minimum Gasteiger partial charge on any atom is -0.490 e. The topological polar surface area (TPSA) is 119 Å². The third-order valence-corrected chi connectivity index (χ3v) is 4.46. The Kier molecular flexibility index (Phi) is 7.49. The zero-order valence-electron chi connectivity index (χ0n) is 15.8. The SMILES string of the molecule is Cc1cc(C)c(OCCn2cnc3ccccc3c2=O)c(Br)c1.O=C(O)C(=O)O. The summed E-state index contributed by atoms with van der Waals surface area (Å²) in [5.41, 5.74) is 2.92. The van der Waals surface area contributed by atoms with Crippen LogP contribution in [0.1, 0.15) is 11.1 Å². The van der Waals surface area contributed by atoms with Crippen LogP contribution in [0.3, 0.4) is 0 Å². The van der Waals surface area contributed by atoms with Crippen LogP contribution in [0.15, 0.2) is 52.0 Å². The Morgan fingerprint density at radius 2 is 1.79 bits per heavy atom. The van der Waals surface area contributed by atoms with Gasteiger partial charge in [0.1, 0.15) is 12.4 Å². The van der Waals surface area contributed by atoms with Gasteiger partial charge < -0.3 is 14.9 Å². The Hall–Kier alpha value is -3.20. The normalized spacial score (nSPS) is 10.2. The summed E-state index contributed by atoms with van der Waals surface area (Å²) >= 11 is 3.53. The molecule has 152 valence electrons. The predicted octanol–water partition coefficient (Wildman–Crippen LogP) is 3.01. The molecule has 0 fully saturated rings. The van der Waals surface area contributed by atoms with Gasteiger partial charge in [-0.05, 0) is 59.1 Å². The van der Waals surface area contributed by atoms with Crippen LogP contribution in [0.4, 0.5) is 0 Å². The molecule has 0 saturated carbocycles. The molecule has 9 heteroatoms. The molecular formula is C20H19BrN2O6. The molecule has 2 aromatic carbocycles. The second kappa shape index (κ2) is 9.83. The first-order chi connectivity index (χ1) is 13.7. The van der Waals surface area contributed by atoms with Crippen LogP contribution >= 0.6 is 15.9 Å². The van der Waals surface area contributed by atoms with Crippen LogP contribution in [-0.4, -0.2) is 38.3 Å². The number of ether oxygens (including phenoxy) is 1. The molecule has 0 aliphatic carbocycles. The zero-order valence-corrected chi connectivity index (χ0v) is 17.3. The third kappa shape index (κ3) is 5.89. The number of carboxylic acids is 2. The van der Waals surface area contributed by atoms with Gasteiger partial charge in [0.2, 0.25) is 0 Å². The molecule has 29 heavy (non-hydrogen) atoms. The van der Waals surface area contributed by atoms with Crippen molar-refractivity contribution >= 4 is 38.8 Å². The van der Waals surface area contributed by atoms with Gasteiger partial charge in [-0.1, -0.05) is 18.2 Å². The Balaban J connectivity index is 0.000000438. The summed E-state index contributed by atoms with van der Waals surface area (Å²) in [6, 6.07) is 11.4. The van der Waals surface area contributed by atoms with Crippen molar-refractivity contribution in [3.63, 3.8) is 0 Å². The number of hydrogen-bond donors (Lipinski definition) is 2. The van der Waals surface area contributed by atoms with Crippen molar-refractivity contribution in [2.75, 3.05) is 6.61 Å². The second-order valence-electron chi connectivity index (χ2n) is 6.11. The van der Waals surface area contributed by atoms with Crippen LogP contribution in [0.5, 0.6) is 5.75 Å². The smallest absolute Gasteiger partial charge is 0.414 e. The van der Waals surface area contributed by atoms with E-state index in [1.54, 1.807) is 17.0 Å². The second-order valence-corrected chi connectivity index (χ2v) is 6.97. The van der Waals surface area contributed by atoms with Crippen molar-refractivity contribution in [2.24, 2.45) is 0 Å². The van der Waals surface area contributed by atoms with E-state index in [0.29, 0.717) is 24.1 Å². The number of benzene rings is 2. The van der Waals surface area contributed by atoms with Crippen LogP contribution in [-0.2, 0) is 16.1 Å².